The van der Waals surface area contributed by atoms with Crippen molar-refractivity contribution < 1.29 is 9.90 Å². The number of pyridine rings is 2. The van der Waals surface area contributed by atoms with E-state index in [9.17, 15) is 15.2 Å². The van der Waals surface area contributed by atoms with Crippen molar-refractivity contribution in [1.29, 1.82) is 5.26 Å². The SMILES string of the molecule is CC(=O)N(c1ccccn1)C(c1cccc(C#N)c1Cl)c1ccc2cccnc2c1O. The summed E-state index contributed by atoms with van der Waals surface area (Å²) >= 11 is 6.58. The molecule has 0 aliphatic carbocycles. The summed E-state index contributed by atoms with van der Waals surface area (Å²) in [6, 6.07) is 18.7. The lowest BCUT2D eigenvalue weighted by atomic mass is 9.93. The van der Waals surface area contributed by atoms with Crippen molar-refractivity contribution in [2.75, 3.05) is 4.90 Å². The number of fused-ring (bicyclic) bond motifs is 1. The molecule has 0 radical (unpaired) electrons. The predicted octanol–water partition coefficient (Wildman–Crippen LogP) is 5.00. The zero-order valence-electron chi connectivity index (χ0n) is 16.5. The maximum absolute atomic E-state index is 12.9. The van der Waals surface area contributed by atoms with Crippen LogP contribution in [0, 0.1) is 11.3 Å². The van der Waals surface area contributed by atoms with Gasteiger partial charge in [0.2, 0.25) is 5.91 Å². The van der Waals surface area contributed by atoms with Crippen LogP contribution in [0.15, 0.2) is 73.1 Å². The molecule has 31 heavy (non-hydrogen) atoms. The lowest BCUT2D eigenvalue weighted by Gasteiger charge is -2.32. The van der Waals surface area contributed by atoms with Gasteiger partial charge in [0.1, 0.15) is 23.2 Å². The molecule has 2 aromatic carbocycles. The highest BCUT2D eigenvalue weighted by molar-refractivity contribution is 6.32. The number of hydrogen-bond donors (Lipinski definition) is 1. The molecule has 1 unspecified atom stereocenters. The van der Waals surface area contributed by atoms with Crippen molar-refractivity contribution in [2.45, 2.75) is 13.0 Å². The molecule has 7 heteroatoms. The molecule has 4 aromatic rings. The average molecular weight is 429 g/mol. The standard InChI is InChI=1S/C24H17ClN4O2/c1-15(30)29(20-9-2-3-12-27-20)23(18-8-4-6-17(14-26)21(18)25)19-11-10-16-7-5-13-28-22(16)24(19)31/h2-13,23,31H,1H3. The number of carbonyl (C=O) groups excluding carboxylic acids is 1. The number of nitrogens with zero attached hydrogens (tertiary/aromatic N) is 4. The van der Waals surface area contributed by atoms with E-state index in [0.29, 0.717) is 22.5 Å². The third-order valence-corrected chi connectivity index (χ3v) is 5.43. The summed E-state index contributed by atoms with van der Waals surface area (Å²) in [5, 5.41) is 21.6. The molecule has 2 aromatic heterocycles. The second-order valence-electron chi connectivity index (χ2n) is 6.88. The minimum atomic E-state index is -0.834. The highest BCUT2D eigenvalue weighted by atomic mass is 35.5. The van der Waals surface area contributed by atoms with Gasteiger partial charge < -0.3 is 5.11 Å². The third kappa shape index (κ3) is 3.67. The number of rotatable bonds is 4. The first-order valence-corrected chi connectivity index (χ1v) is 9.86. The summed E-state index contributed by atoms with van der Waals surface area (Å²) in [7, 11) is 0. The van der Waals surface area contributed by atoms with Gasteiger partial charge in [0, 0.05) is 30.3 Å². The average Bonchev–Trinajstić information content (AvgIpc) is 2.79. The van der Waals surface area contributed by atoms with Gasteiger partial charge in [-0.15, -0.1) is 0 Å². The van der Waals surface area contributed by atoms with Crippen LogP contribution in [0.4, 0.5) is 5.82 Å². The first-order valence-electron chi connectivity index (χ1n) is 9.49. The Kier molecular flexibility index (Phi) is 5.52. The Morgan fingerprint density at radius 2 is 1.84 bits per heavy atom. The molecule has 2 heterocycles. The van der Waals surface area contributed by atoms with E-state index in [2.05, 4.69) is 16.0 Å². The van der Waals surface area contributed by atoms with Crippen LogP contribution in [0.3, 0.4) is 0 Å². The molecular weight excluding hydrogens is 412 g/mol. The van der Waals surface area contributed by atoms with Crippen molar-refractivity contribution in [2.24, 2.45) is 0 Å². The Morgan fingerprint density at radius 1 is 1.03 bits per heavy atom. The summed E-state index contributed by atoms with van der Waals surface area (Å²) in [4.78, 5) is 22.9. The first kappa shape index (κ1) is 20.3. The van der Waals surface area contributed by atoms with Crippen LogP contribution in [0.5, 0.6) is 5.75 Å². The summed E-state index contributed by atoms with van der Waals surface area (Å²) in [5.74, 6) is 0.0188. The van der Waals surface area contributed by atoms with E-state index in [1.807, 2.05) is 12.1 Å². The van der Waals surface area contributed by atoms with Gasteiger partial charge in [-0.3, -0.25) is 14.7 Å². The molecule has 0 saturated carbocycles. The molecule has 0 saturated heterocycles. The second-order valence-corrected chi connectivity index (χ2v) is 7.26. The van der Waals surface area contributed by atoms with Gasteiger partial charge >= 0.3 is 0 Å². The molecular formula is C24H17ClN4O2. The highest BCUT2D eigenvalue weighted by Crippen LogP contribution is 2.42. The van der Waals surface area contributed by atoms with Crippen LogP contribution < -0.4 is 4.90 Å². The monoisotopic (exact) mass is 428 g/mol. The summed E-state index contributed by atoms with van der Waals surface area (Å²) < 4.78 is 0. The molecule has 0 fully saturated rings. The van der Waals surface area contributed by atoms with Crippen LogP contribution in [0.2, 0.25) is 5.02 Å². The van der Waals surface area contributed by atoms with E-state index in [1.165, 1.54) is 11.8 Å². The number of benzene rings is 2. The number of phenols is 1. The first-order chi connectivity index (χ1) is 15.0. The number of aromatic nitrogens is 2. The van der Waals surface area contributed by atoms with Crippen LogP contribution >= 0.6 is 11.6 Å². The van der Waals surface area contributed by atoms with E-state index >= 15 is 0 Å². The molecule has 0 spiro atoms. The maximum Gasteiger partial charge on any atom is 0.225 e. The number of phenolic OH excluding ortho intramolecular Hbond substituents is 1. The number of aromatic hydroxyl groups is 1. The largest absolute Gasteiger partial charge is 0.505 e. The normalized spacial score (nSPS) is 11.6. The second kappa shape index (κ2) is 8.42. The highest BCUT2D eigenvalue weighted by Gasteiger charge is 2.32. The number of nitriles is 1. The smallest absolute Gasteiger partial charge is 0.225 e. The van der Waals surface area contributed by atoms with Gasteiger partial charge in [0.05, 0.1) is 16.6 Å². The number of anilines is 1. The predicted molar refractivity (Wildman–Crippen MR) is 119 cm³/mol. The van der Waals surface area contributed by atoms with Crippen LogP contribution in [0.1, 0.15) is 29.7 Å². The minimum Gasteiger partial charge on any atom is -0.505 e. The fraction of sp³-hybridized carbons (Fsp3) is 0.0833. The molecule has 0 bridgehead atoms. The fourth-order valence-corrected chi connectivity index (χ4v) is 3.90. The molecule has 1 atom stereocenters. The molecule has 0 aliphatic rings. The van der Waals surface area contributed by atoms with Crippen LogP contribution in [0.25, 0.3) is 10.9 Å². The molecule has 6 nitrogen and oxygen atoms in total. The van der Waals surface area contributed by atoms with Gasteiger partial charge in [-0.05, 0) is 29.8 Å². The Balaban J connectivity index is 2.04. The van der Waals surface area contributed by atoms with E-state index in [0.717, 1.165) is 5.39 Å². The molecule has 4 rings (SSSR count). The van der Waals surface area contributed by atoms with Crippen LogP contribution in [-0.2, 0) is 4.79 Å². The third-order valence-electron chi connectivity index (χ3n) is 5.01. The topological polar surface area (TPSA) is 90.1 Å². The Morgan fingerprint density at radius 3 is 2.55 bits per heavy atom. The summed E-state index contributed by atoms with van der Waals surface area (Å²) in [6.45, 7) is 1.42. The molecule has 1 N–H and O–H groups in total. The van der Waals surface area contributed by atoms with Crippen molar-refractivity contribution in [3.63, 3.8) is 0 Å². The van der Waals surface area contributed by atoms with E-state index in [1.54, 1.807) is 60.9 Å². The zero-order chi connectivity index (χ0) is 22.0. The zero-order valence-corrected chi connectivity index (χ0v) is 17.3. The molecule has 152 valence electrons. The Labute approximate surface area is 184 Å². The summed E-state index contributed by atoms with van der Waals surface area (Å²) in [6.07, 6.45) is 3.17. The minimum absolute atomic E-state index is 0.0660. The summed E-state index contributed by atoms with van der Waals surface area (Å²) in [5.41, 5.74) is 1.59. The number of halogens is 1. The van der Waals surface area contributed by atoms with Gasteiger partial charge in [-0.2, -0.15) is 5.26 Å². The lowest BCUT2D eigenvalue weighted by Crippen LogP contribution is -2.34. The van der Waals surface area contributed by atoms with Crippen molar-refractivity contribution in [1.82, 2.24) is 9.97 Å². The Bertz CT molecular complexity index is 1320. The van der Waals surface area contributed by atoms with Crippen molar-refractivity contribution in [3.05, 3.63) is 94.8 Å². The number of hydrogen-bond acceptors (Lipinski definition) is 5. The number of amides is 1. The van der Waals surface area contributed by atoms with Crippen LogP contribution in [-0.4, -0.2) is 21.0 Å². The van der Waals surface area contributed by atoms with Crippen molar-refractivity contribution >= 4 is 34.2 Å². The van der Waals surface area contributed by atoms with E-state index in [-0.39, 0.29) is 22.2 Å². The van der Waals surface area contributed by atoms with Gasteiger partial charge in [-0.25, -0.2) is 4.98 Å². The maximum atomic E-state index is 12.9. The van der Waals surface area contributed by atoms with Gasteiger partial charge in [-0.1, -0.05) is 48.0 Å². The molecule has 1 amide bonds. The lowest BCUT2D eigenvalue weighted by molar-refractivity contribution is -0.117. The van der Waals surface area contributed by atoms with Gasteiger partial charge in [0.25, 0.3) is 0 Å². The van der Waals surface area contributed by atoms with E-state index in [4.69, 9.17) is 11.6 Å². The quantitative estimate of drug-likeness (QED) is 0.493. The number of carbonyl (C=O) groups is 1. The van der Waals surface area contributed by atoms with Crippen molar-refractivity contribution in [3.8, 4) is 11.8 Å². The van der Waals surface area contributed by atoms with E-state index < -0.39 is 6.04 Å². The fourth-order valence-electron chi connectivity index (χ4n) is 3.63. The Hall–Kier alpha value is -3.95. The molecule has 0 aliphatic heterocycles. The van der Waals surface area contributed by atoms with Gasteiger partial charge in [0.15, 0.2) is 0 Å².